The fourth-order valence-electron chi connectivity index (χ4n) is 5.26. The molecular formula is C39H73O10P. The van der Waals surface area contributed by atoms with E-state index in [-0.39, 0.29) is 19.4 Å². The number of carbonyl (C=O) groups excluding carboxylic acids is 2. The van der Waals surface area contributed by atoms with Crippen LogP contribution < -0.4 is 0 Å². The van der Waals surface area contributed by atoms with Crippen LogP contribution in [0.25, 0.3) is 0 Å². The highest BCUT2D eigenvalue weighted by Crippen LogP contribution is 2.43. The van der Waals surface area contributed by atoms with E-state index < -0.39 is 51.8 Å². The Hall–Kier alpha value is -1.55. The second-order valence-corrected chi connectivity index (χ2v) is 14.8. The van der Waals surface area contributed by atoms with Crippen molar-refractivity contribution < 1.29 is 47.8 Å². The molecule has 3 atom stereocenters. The Bertz CT molecular complexity index is 894. The van der Waals surface area contributed by atoms with Crippen molar-refractivity contribution in [2.45, 2.75) is 187 Å². The molecule has 0 aliphatic carbocycles. The zero-order valence-corrected chi connectivity index (χ0v) is 32.5. The molecule has 0 bridgehead atoms. The molecule has 0 aromatic rings. The summed E-state index contributed by atoms with van der Waals surface area (Å²) in [5, 5.41) is 18.3. The minimum absolute atomic E-state index is 0.177. The minimum atomic E-state index is -4.61. The zero-order chi connectivity index (χ0) is 37.0. The van der Waals surface area contributed by atoms with Crippen LogP contribution >= 0.6 is 7.82 Å². The van der Waals surface area contributed by atoms with Gasteiger partial charge in [-0.05, 0) is 44.9 Å². The Morgan fingerprint density at radius 1 is 0.600 bits per heavy atom. The molecule has 50 heavy (non-hydrogen) atoms. The van der Waals surface area contributed by atoms with Crippen molar-refractivity contribution >= 4 is 19.8 Å². The van der Waals surface area contributed by atoms with Gasteiger partial charge in [-0.25, -0.2) is 4.57 Å². The quantitative estimate of drug-likeness (QED) is 0.0244. The molecule has 0 heterocycles. The normalized spacial score (nSPS) is 14.3. The van der Waals surface area contributed by atoms with E-state index in [0.717, 1.165) is 51.4 Å². The molecule has 294 valence electrons. The van der Waals surface area contributed by atoms with Gasteiger partial charge in [0.2, 0.25) is 0 Å². The summed E-state index contributed by atoms with van der Waals surface area (Å²) in [5.74, 6) is -0.934. The maximum Gasteiger partial charge on any atom is 0.472 e. The summed E-state index contributed by atoms with van der Waals surface area (Å²) in [6.45, 7) is 2.32. The molecule has 10 nitrogen and oxygen atoms in total. The maximum atomic E-state index is 12.6. The van der Waals surface area contributed by atoms with Crippen LogP contribution in [-0.2, 0) is 32.7 Å². The molecule has 0 aromatic heterocycles. The lowest BCUT2D eigenvalue weighted by Gasteiger charge is -2.20. The number of phosphoric ester groups is 1. The highest BCUT2D eigenvalue weighted by molar-refractivity contribution is 7.47. The SMILES string of the molecule is CCCCCC/C=C\C/C=C\CCCCCCCCCC(=O)OC(COC(=O)CCCCCCCCCCC)COP(=O)(O)OCC(O)CO. The van der Waals surface area contributed by atoms with E-state index in [4.69, 9.17) is 19.1 Å². The molecule has 0 aliphatic heterocycles. The fraction of sp³-hybridized carbons (Fsp3) is 0.846. The standard InChI is InChI=1S/C39H73O10P/c1-3-5-7-9-11-13-14-15-16-17-18-19-20-21-23-25-27-29-31-39(43)49-37(35-48-50(44,45)47-33-36(41)32-40)34-46-38(42)30-28-26-24-22-12-10-8-6-4-2/h13-14,16-17,36-37,40-41H,3-12,15,18-35H2,1-2H3,(H,44,45)/b14-13-,17-16-. The van der Waals surface area contributed by atoms with E-state index in [0.29, 0.717) is 12.8 Å². The molecule has 0 spiro atoms. The second-order valence-electron chi connectivity index (χ2n) is 13.3. The average molecular weight is 733 g/mol. The summed E-state index contributed by atoms with van der Waals surface area (Å²) in [7, 11) is -4.61. The average Bonchev–Trinajstić information content (AvgIpc) is 3.10. The molecule has 0 rings (SSSR count). The predicted octanol–water partition coefficient (Wildman–Crippen LogP) is 9.83. The van der Waals surface area contributed by atoms with E-state index >= 15 is 0 Å². The van der Waals surface area contributed by atoms with Crippen LogP contribution in [0.1, 0.15) is 174 Å². The number of rotatable bonds is 37. The van der Waals surface area contributed by atoms with Gasteiger partial charge in [-0.1, -0.05) is 141 Å². The van der Waals surface area contributed by atoms with Gasteiger partial charge in [0.15, 0.2) is 6.10 Å². The third kappa shape index (κ3) is 34.9. The molecule has 0 saturated carbocycles. The topological polar surface area (TPSA) is 149 Å². The molecule has 3 N–H and O–H groups in total. The lowest BCUT2D eigenvalue weighted by molar-refractivity contribution is -0.161. The first-order valence-corrected chi connectivity index (χ1v) is 21.3. The van der Waals surface area contributed by atoms with Gasteiger partial charge < -0.3 is 24.6 Å². The molecule has 11 heteroatoms. The Morgan fingerprint density at radius 2 is 1.04 bits per heavy atom. The van der Waals surface area contributed by atoms with Gasteiger partial charge >= 0.3 is 19.8 Å². The van der Waals surface area contributed by atoms with Gasteiger partial charge in [-0.2, -0.15) is 0 Å². The number of carbonyl (C=O) groups is 2. The van der Waals surface area contributed by atoms with Crippen LogP contribution in [0.4, 0.5) is 0 Å². The van der Waals surface area contributed by atoms with Crippen LogP contribution in [0.5, 0.6) is 0 Å². The van der Waals surface area contributed by atoms with Crippen molar-refractivity contribution in [3.63, 3.8) is 0 Å². The molecule has 0 radical (unpaired) electrons. The lowest BCUT2D eigenvalue weighted by Crippen LogP contribution is -2.29. The van der Waals surface area contributed by atoms with Gasteiger partial charge in [0.1, 0.15) is 12.7 Å². The molecule has 0 aliphatic rings. The Kier molecular flexibility index (Phi) is 34.7. The highest BCUT2D eigenvalue weighted by Gasteiger charge is 2.27. The number of aliphatic hydroxyl groups excluding tert-OH is 2. The highest BCUT2D eigenvalue weighted by atomic mass is 31.2. The first kappa shape index (κ1) is 48.5. The molecule has 0 amide bonds. The van der Waals surface area contributed by atoms with Gasteiger partial charge in [-0.15, -0.1) is 0 Å². The Morgan fingerprint density at radius 3 is 1.56 bits per heavy atom. The minimum Gasteiger partial charge on any atom is -0.462 e. The van der Waals surface area contributed by atoms with Gasteiger partial charge in [-0.3, -0.25) is 18.6 Å². The lowest BCUT2D eigenvalue weighted by atomic mass is 10.1. The number of aliphatic hydroxyl groups is 2. The van der Waals surface area contributed by atoms with E-state index in [1.165, 1.54) is 83.5 Å². The van der Waals surface area contributed by atoms with E-state index in [1.54, 1.807) is 0 Å². The van der Waals surface area contributed by atoms with Crippen molar-refractivity contribution in [3.05, 3.63) is 24.3 Å². The first-order valence-electron chi connectivity index (χ1n) is 19.8. The summed E-state index contributed by atoms with van der Waals surface area (Å²) in [5.41, 5.74) is 0. The molecule has 0 saturated heterocycles. The summed E-state index contributed by atoms with van der Waals surface area (Å²) < 4.78 is 32.6. The first-order chi connectivity index (χ1) is 24.2. The summed E-state index contributed by atoms with van der Waals surface area (Å²) in [6, 6.07) is 0. The van der Waals surface area contributed by atoms with Crippen molar-refractivity contribution in [2.75, 3.05) is 26.4 Å². The Labute approximate surface area is 304 Å². The van der Waals surface area contributed by atoms with E-state index in [1.807, 2.05) is 0 Å². The number of ether oxygens (including phenoxy) is 2. The van der Waals surface area contributed by atoms with Gasteiger partial charge in [0.25, 0.3) is 0 Å². The number of esters is 2. The fourth-order valence-corrected chi connectivity index (χ4v) is 6.05. The largest absolute Gasteiger partial charge is 0.472 e. The molecule has 3 unspecified atom stereocenters. The number of phosphoric acid groups is 1. The summed E-state index contributed by atoms with van der Waals surface area (Å²) in [4.78, 5) is 34.8. The number of hydrogen-bond donors (Lipinski definition) is 3. The smallest absolute Gasteiger partial charge is 0.462 e. The van der Waals surface area contributed by atoms with Crippen LogP contribution in [0.15, 0.2) is 24.3 Å². The summed E-state index contributed by atoms with van der Waals surface area (Å²) in [6.07, 6.45) is 32.9. The van der Waals surface area contributed by atoms with Crippen LogP contribution in [0.2, 0.25) is 0 Å². The maximum absolute atomic E-state index is 12.6. The van der Waals surface area contributed by atoms with E-state index in [2.05, 4.69) is 42.7 Å². The number of unbranched alkanes of at least 4 members (excludes halogenated alkanes) is 19. The van der Waals surface area contributed by atoms with E-state index in [9.17, 15) is 24.2 Å². The Balaban J connectivity index is 4.31. The molecular weight excluding hydrogens is 659 g/mol. The van der Waals surface area contributed by atoms with Gasteiger partial charge in [0.05, 0.1) is 19.8 Å². The van der Waals surface area contributed by atoms with Crippen LogP contribution in [0, 0.1) is 0 Å². The van der Waals surface area contributed by atoms with Gasteiger partial charge in [0, 0.05) is 12.8 Å². The monoisotopic (exact) mass is 732 g/mol. The molecule has 0 fully saturated rings. The van der Waals surface area contributed by atoms with Crippen LogP contribution in [0.3, 0.4) is 0 Å². The second kappa shape index (κ2) is 35.8. The number of hydrogen-bond acceptors (Lipinski definition) is 9. The van der Waals surface area contributed by atoms with Crippen molar-refractivity contribution in [1.29, 1.82) is 0 Å². The van der Waals surface area contributed by atoms with Crippen molar-refractivity contribution in [3.8, 4) is 0 Å². The van der Waals surface area contributed by atoms with Crippen molar-refractivity contribution in [1.82, 2.24) is 0 Å². The summed E-state index contributed by atoms with van der Waals surface area (Å²) >= 11 is 0. The van der Waals surface area contributed by atoms with Crippen molar-refractivity contribution in [2.24, 2.45) is 0 Å². The predicted molar refractivity (Wildman–Crippen MR) is 201 cm³/mol. The third-order valence-corrected chi connectivity index (χ3v) is 9.31. The number of allylic oxidation sites excluding steroid dienone is 4. The van der Waals surface area contributed by atoms with Crippen LogP contribution in [-0.4, -0.2) is 65.7 Å². The zero-order valence-electron chi connectivity index (χ0n) is 31.6. The molecule has 0 aromatic carbocycles. The third-order valence-electron chi connectivity index (χ3n) is 8.36.